The van der Waals surface area contributed by atoms with Crippen LogP contribution in [-0.2, 0) is 11.2 Å². The van der Waals surface area contributed by atoms with Crippen LogP contribution in [0, 0.1) is 6.92 Å². The number of benzene rings is 2. The highest BCUT2D eigenvalue weighted by Crippen LogP contribution is 2.30. The molecule has 1 aliphatic heterocycles. The molecule has 1 atom stereocenters. The molecule has 0 unspecified atom stereocenters. The summed E-state index contributed by atoms with van der Waals surface area (Å²) in [7, 11) is 2.11. The predicted molar refractivity (Wildman–Crippen MR) is 155 cm³/mol. The fraction of sp³-hybridized carbons (Fsp3) is 0.219. The van der Waals surface area contributed by atoms with Gasteiger partial charge in [0.2, 0.25) is 0 Å². The molecule has 196 valence electrons. The van der Waals surface area contributed by atoms with Crippen LogP contribution >= 0.6 is 0 Å². The second kappa shape index (κ2) is 10.7. The Kier molecular flexibility index (Phi) is 6.82. The summed E-state index contributed by atoms with van der Waals surface area (Å²) in [6.07, 6.45) is 11.9. The zero-order valence-electron chi connectivity index (χ0n) is 22.2. The fourth-order valence-electron chi connectivity index (χ4n) is 5.15. The molecule has 0 spiro atoms. The van der Waals surface area contributed by atoms with Gasteiger partial charge >= 0.3 is 0 Å². The molecule has 3 aromatic heterocycles. The van der Waals surface area contributed by atoms with Crippen LogP contribution in [0.4, 0.5) is 11.5 Å². The number of nitrogens with zero attached hydrogens (tertiary/aromatic N) is 4. The minimum Gasteiger partial charge on any atom is -0.456 e. The number of carbonyl (C=O) groups is 1. The second-order valence-corrected chi connectivity index (χ2v) is 10.2. The topological polar surface area (TPSA) is 71.8 Å². The van der Waals surface area contributed by atoms with Gasteiger partial charge in [-0.1, -0.05) is 12.1 Å². The number of likely N-dealkylation sites (tertiary alicyclic amines) is 1. The van der Waals surface area contributed by atoms with Gasteiger partial charge in [0.15, 0.2) is 5.78 Å². The molecule has 1 fully saturated rings. The maximum Gasteiger partial charge on any atom is 0.159 e. The maximum absolute atomic E-state index is 12.7. The Morgan fingerprint density at radius 2 is 2.05 bits per heavy atom. The number of fused-ring (bicyclic) bond motifs is 2. The van der Waals surface area contributed by atoms with Crippen LogP contribution in [0.25, 0.3) is 16.4 Å². The van der Waals surface area contributed by atoms with E-state index in [2.05, 4.69) is 33.3 Å². The SMILES string of the molecule is Cc1cc(Nc2ncnc3ccc(CC(=O)/C=C/[C@H]4CCCN4C)cc23)ccc1Oc1ccc2cccn2c1. The van der Waals surface area contributed by atoms with E-state index < -0.39 is 0 Å². The molecule has 0 aliphatic carbocycles. The smallest absolute Gasteiger partial charge is 0.159 e. The number of pyridine rings is 1. The molecule has 2 aromatic carbocycles. The summed E-state index contributed by atoms with van der Waals surface area (Å²) in [6, 6.07) is 20.3. The molecule has 4 heterocycles. The lowest BCUT2D eigenvalue weighted by Crippen LogP contribution is -2.22. The number of hydrogen-bond donors (Lipinski definition) is 1. The first kappa shape index (κ1) is 24.8. The van der Waals surface area contributed by atoms with Gasteiger partial charge in [-0.25, -0.2) is 9.97 Å². The van der Waals surface area contributed by atoms with Crippen LogP contribution < -0.4 is 10.1 Å². The van der Waals surface area contributed by atoms with Crippen molar-refractivity contribution in [2.75, 3.05) is 18.9 Å². The van der Waals surface area contributed by atoms with Crippen LogP contribution in [-0.4, -0.2) is 44.7 Å². The van der Waals surface area contributed by atoms with E-state index in [-0.39, 0.29) is 5.78 Å². The molecule has 5 aromatic rings. The van der Waals surface area contributed by atoms with E-state index in [9.17, 15) is 4.79 Å². The molecule has 0 bridgehead atoms. The van der Waals surface area contributed by atoms with Gasteiger partial charge in [0.05, 0.1) is 11.7 Å². The number of carbonyl (C=O) groups excluding carboxylic acids is 1. The lowest BCUT2D eigenvalue weighted by atomic mass is 10.0. The summed E-state index contributed by atoms with van der Waals surface area (Å²) in [6.45, 7) is 3.11. The third-order valence-electron chi connectivity index (χ3n) is 7.32. The minimum absolute atomic E-state index is 0.100. The molecule has 39 heavy (non-hydrogen) atoms. The molecule has 6 rings (SSSR count). The van der Waals surface area contributed by atoms with E-state index in [0.717, 1.165) is 57.7 Å². The van der Waals surface area contributed by atoms with Crippen molar-refractivity contribution in [3.63, 3.8) is 0 Å². The zero-order chi connectivity index (χ0) is 26.8. The zero-order valence-corrected chi connectivity index (χ0v) is 22.2. The fourth-order valence-corrected chi connectivity index (χ4v) is 5.15. The average molecular weight is 518 g/mol. The number of allylic oxidation sites excluding steroid dienone is 1. The molecule has 7 heteroatoms. The Balaban J connectivity index is 1.18. The molecule has 1 saturated heterocycles. The number of ketones is 1. The minimum atomic E-state index is 0.100. The molecule has 0 amide bonds. The Bertz CT molecular complexity index is 1690. The standard InChI is InChI=1S/C32H31N5O2/c1-22-17-24(8-14-31(22)39-28-12-10-26-6-4-16-37(26)20-28)35-32-29-19-23(7-13-30(29)33-21-34-32)18-27(38)11-9-25-5-3-15-36(25)2/h4,6-14,16-17,19-21,25H,3,5,15,18H2,1-2H3,(H,33,34,35)/b11-9+/t25-/m1/s1. The van der Waals surface area contributed by atoms with Crippen molar-refractivity contribution >= 4 is 33.7 Å². The van der Waals surface area contributed by atoms with E-state index in [1.165, 1.54) is 6.42 Å². The summed E-state index contributed by atoms with van der Waals surface area (Å²) >= 11 is 0. The van der Waals surface area contributed by atoms with Crippen molar-refractivity contribution in [1.82, 2.24) is 19.3 Å². The Morgan fingerprint density at radius 1 is 1.13 bits per heavy atom. The van der Waals surface area contributed by atoms with Crippen LogP contribution in [0.5, 0.6) is 11.5 Å². The third kappa shape index (κ3) is 5.54. The molecule has 1 N–H and O–H groups in total. The Labute approximate surface area is 227 Å². The summed E-state index contributed by atoms with van der Waals surface area (Å²) < 4.78 is 8.19. The van der Waals surface area contributed by atoms with Gasteiger partial charge in [-0.3, -0.25) is 9.69 Å². The van der Waals surface area contributed by atoms with Crippen LogP contribution in [0.15, 0.2) is 91.5 Å². The van der Waals surface area contributed by atoms with Crippen LogP contribution in [0.3, 0.4) is 0 Å². The van der Waals surface area contributed by atoms with Gasteiger partial charge in [-0.15, -0.1) is 0 Å². The highest BCUT2D eigenvalue weighted by molar-refractivity contribution is 5.94. The number of aromatic nitrogens is 3. The number of likely N-dealkylation sites (N-methyl/N-ethyl adjacent to an activating group) is 1. The van der Waals surface area contributed by atoms with Gasteiger partial charge in [0.25, 0.3) is 0 Å². The van der Waals surface area contributed by atoms with Crippen molar-refractivity contribution in [1.29, 1.82) is 0 Å². The van der Waals surface area contributed by atoms with Crippen LogP contribution in [0.1, 0.15) is 24.0 Å². The molecule has 1 aliphatic rings. The van der Waals surface area contributed by atoms with Gasteiger partial charge in [0, 0.05) is 35.2 Å². The van der Waals surface area contributed by atoms with Crippen molar-refractivity contribution in [3.05, 3.63) is 103 Å². The highest BCUT2D eigenvalue weighted by atomic mass is 16.5. The van der Waals surface area contributed by atoms with E-state index in [1.54, 1.807) is 12.4 Å². The van der Waals surface area contributed by atoms with Crippen molar-refractivity contribution < 1.29 is 9.53 Å². The Hall–Kier alpha value is -4.49. The van der Waals surface area contributed by atoms with Crippen molar-refractivity contribution in [2.24, 2.45) is 0 Å². The Morgan fingerprint density at radius 3 is 2.90 bits per heavy atom. The number of aryl methyl sites for hydroxylation is 1. The normalized spacial score (nSPS) is 15.9. The van der Waals surface area contributed by atoms with E-state index in [1.807, 2.05) is 84.4 Å². The second-order valence-electron chi connectivity index (χ2n) is 10.2. The molecule has 0 saturated carbocycles. The van der Waals surface area contributed by atoms with E-state index in [4.69, 9.17) is 4.74 Å². The van der Waals surface area contributed by atoms with Crippen LogP contribution in [0.2, 0.25) is 0 Å². The highest BCUT2D eigenvalue weighted by Gasteiger charge is 2.18. The van der Waals surface area contributed by atoms with Gasteiger partial charge in [-0.2, -0.15) is 0 Å². The molecule has 7 nitrogen and oxygen atoms in total. The monoisotopic (exact) mass is 517 g/mol. The van der Waals surface area contributed by atoms with E-state index in [0.29, 0.717) is 18.3 Å². The van der Waals surface area contributed by atoms with E-state index >= 15 is 0 Å². The van der Waals surface area contributed by atoms with Gasteiger partial charge in [0.1, 0.15) is 23.6 Å². The number of rotatable bonds is 8. The molecular formula is C32H31N5O2. The largest absolute Gasteiger partial charge is 0.456 e. The first-order valence-corrected chi connectivity index (χ1v) is 13.3. The molecular weight excluding hydrogens is 486 g/mol. The van der Waals surface area contributed by atoms with Gasteiger partial charge < -0.3 is 14.5 Å². The number of anilines is 2. The lowest BCUT2D eigenvalue weighted by molar-refractivity contribution is -0.114. The number of ether oxygens (including phenoxy) is 1. The summed E-state index contributed by atoms with van der Waals surface area (Å²) in [5.41, 5.74) is 4.78. The van der Waals surface area contributed by atoms with Gasteiger partial charge in [-0.05, 0) is 105 Å². The average Bonchev–Trinajstić information content (AvgIpc) is 3.57. The first-order chi connectivity index (χ1) is 19.0. The van der Waals surface area contributed by atoms with Crippen molar-refractivity contribution in [3.8, 4) is 11.5 Å². The summed E-state index contributed by atoms with van der Waals surface area (Å²) in [5.74, 6) is 2.36. The maximum atomic E-state index is 12.7. The lowest BCUT2D eigenvalue weighted by Gasteiger charge is -2.14. The quantitative estimate of drug-likeness (QED) is 0.237. The van der Waals surface area contributed by atoms with Crippen molar-refractivity contribution in [2.45, 2.75) is 32.2 Å². The number of hydrogen-bond acceptors (Lipinski definition) is 6. The summed E-state index contributed by atoms with van der Waals surface area (Å²) in [4.78, 5) is 23.9. The number of nitrogens with one attached hydrogen (secondary N) is 1. The summed E-state index contributed by atoms with van der Waals surface area (Å²) in [5, 5.41) is 4.31. The molecule has 0 radical (unpaired) electrons. The first-order valence-electron chi connectivity index (χ1n) is 13.3. The third-order valence-corrected chi connectivity index (χ3v) is 7.32. The predicted octanol–water partition coefficient (Wildman–Crippen LogP) is 6.49.